The Kier molecular flexibility index (Phi) is 4.07. The number of carbonyl (C=O) groups excluding carboxylic acids is 1. The van der Waals surface area contributed by atoms with Crippen molar-refractivity contribution < 1.29 is 4.79 Å². The van der Waals surface area contributed by atoms with Crippen LogP contribution >= 0.6 is 11.3 Å². The number of amides is 1. The van der Waals surface area contributed by atoms with Crippen molar-refractivity contribution in [3.63, 3.8) is 0 Å². The molecule has 0 atom stereocenters. The van der Waals surface area contributed by atoms with Gasteiger partial charge in [-0.15, -0.1) is 11.3 Å². The van der Waals surface area contributed by atoms with Crippen molar-refractivity contribution in [3.05, 3.63) is 21.4 Å². The van der Waals surface area contributed by atoms with Crippen LogP contribution in [0.15, 0.2) is 5.38 Å². The summed E-state index contributed by atoms with van der Waals surface area (Å²) < 4.78 is 0. The summed E-state index contributed by atoms with van der Waals surface area (Å²) >= 11 is 1.67. The molecule has 1 aromatic heterocycles. The maximum Gasteiger partial charge on any atom is 0.254 e. The molecule has 2 heterocycles. The lowest BCUT2D eigenvalue weighted by molar-refractivity contribution is 0.0659. The van der Waals surface area contributed by atoms with Gasteiger partial charge >= 0.3 is 0 Å². The van der Waals surface area contributed by atoms with Crippen molar-refractivity contribution >= 4 is 17.2 Å². The van der Waals surface area contributed by atoms with Crippen molar-refractivity contribution in [3.8, 4) is 0 Å². The summed E-state index contributed by atoms with van der Waals surface area (Å²) in [7, 11) is 4.09. The van der Waals surface area contributed by atoms with Crippen LogP contribution in [0.4, 0.5) is 0 Å². The predicted octanol–water partition coefficient (Wildman–Crippen LogP) is 2.53. The molecule has 4 heteroatoms. The van der Waals surface area contributed by atoms with E-state index >= 15 is 0 Å². The Hall–Kier alpha value is -0.870. The zero-order chi connectivity index (χ0) is 13.3. The first-order chi connectivity index (χ1) is 8.50. The summed E-state index contributed by atoms with van der Waals surface area (Å²) in [6, 6.07) is 0.397. The van der Waals surface area contributed by atoms with Crippen LogP contribution in [-0.4, -0.2) is 48.9 Å². The van der Waals surface area contributed by atoms with Crippen LogP contribution in [-0.2, 0) is 0 Å². The second-order valence-corrected chi connectivity index (χ2v) is 6.36. The molecule has 1 aliphatic rings. The van der Waals surface area contributed by atoms with E-state index in [1.54, 1.807) is 11.3 Å². The van der Waals surface area contributed by atoms with Crippen LogP contribution in [0.25, 0.3) is 0 Å². The summed E-state index contributed by atoms with van der Waals surface area (Å²) in [5, 5.41) is 2.00. The predicted molar refractivity (Wildman–Crippen MR) is 76.4 cm³/mol. The third-order valence-corrected chi connectivity index (χ3v) is 5.09. The first-order valence-corrected chi connectivity index (χ1v) is 7.39. The standard InChI is InChI=1S/C14H22N2OS/c1-10-11(2)18-9-13(10)14(17)16(4)12-5-7-15(3)8-6-12/h9,12H,5-8H2,1-4H3. The van der Waals surface area contributed by atoms with E-state index in [0.717, 1.165) is 37.1 Å². The van der Waals surface area contributed by atoms with E-state index in [9.17, 15) is 4.79 Å². The van der Waals surface area contributed by atoms with Crippen LogP contribution in [0, 0.1) is 13.8 Å². The van der Waals surface area contributed by atoms with Gasteiger partial charge in [-0.3, -0.25) is 4.79 Å². The number of hydrogen-bond donors (Lipinski definition) is 0. The van der Waals surface area contributed by atoms with Crippen molar-refractivity contribution in [1.29, 1.82) is 0 Å². The summed E-state index contributed by atoms with van der Waals surface area (Å²) in [6.45, 7) is 6.29. The largest absolute Gasteiger partial charge is 0.339 e. The van der Waals surface area contributed by atoms with Gasteiger partial charge in [-0.05, 0) is 52.4 Å². The highest BCUT2D eigenvalue weighted by atomic mass is 32.1. The van der Waals surface area contributed by atoms with E-state index in [2.05, 4.69) is 18.9 Å². The quantitative estimate of drug-likeness (QED) is 0.821. The molecule has 100 valence electrons. The van der Waals surface area contributed by atoms with Crippen LogP contribution in [0.5, 0.6) is 0 Å². The molecule has 2 rings (SSSR count). The lowest BCUT2D eigenvalue weighted by Gasteiger charge is -2.35. The minimum absolute atomic E-state index is 0.186. The highest BCUT2D eigenvalue weighted by Gasteiger charge is 2.26. The Labute approximate surface area is 113 Å². The van der Waals surface area contributed by atoms with Gasteiger partial charge in [-0.2, -0.15) is 0 Å². The smallest absolute Gasteiger partial charge is 0.254 e. The number of aryl methyl sites for hydroxylation is 1. The average Bonchev–Trinajstić information content (AvgIpc) is 2.69. The number of nitrogens with zero attached hydrogens (tertiary/aromatic N) is 2. The van der Waals surface area contributed by atoms with Gasteiger partial charge < -0.3 is 9.80 Å². The third kappa shape index (κ3) is 2.59. The van der Waals surface area contributed by atoms with Crippen molar-refractivity contribution in [2.24, 2.45) is 0 Å². The lowest BCUT2D eigenvalue weighted by Crippen LogP contribution is -2.44. The van der Waals surface area contributed by atoms with Gasteiger partial charge in [0.1, 0.15) is 0 Å². The van der Waals surface area contributed by atoms with Crippen molar-refractivity contribution in [2.45, 2.75) is 32.7 Å². The minimum Gasteiger partial charge on any atom is -0.339 e. The fourth-order valence-electron chi connectivity index (χ4n) is 2.46. The van der Waals surface area contributed by atoms with Gasteiger partial charge in [0.15, 0.2) is 0 Å². The van der Waals surface area contributed by atoms with Gasteiger partial charge in [0.05, 0.1) is 5.56 Å². The molecule has 1 aliphatic heterocycles. The monoisotopic (exact) mass is 266 g/mol. The van der Waals surface area contributed by atoms with Crippen LogP contribution in [0.3, 0.4) is 0 Å². The first kappa shape index (κ1) is 13.6. The highest BCUT2D eigenvalue weighted by molar-refractivity contribution is 7.10. The van der Waals surface area contributed by atoms with E-state index < -0.39 is 0 Å². The fraction of sp³-hybridized carbons (Fsp3) is 0.643. The molecule has 0 N–H and O–H groups in total. The van der Waals surface area contributed by atoms with Gasteiger partial charge in [0, 0.05) is 23.3 Å². The Bertz CT molecular complexity index is 433. The highest BCUT2D eigenvalue weighted by Crippen LogP contribution is 2.24. The van der Waals surface area contributed by atoms with Crippen LogP contribution in [0.1, 0.15) is 33.6 Å². The molecule has 18 heavy (non-hydrogen) atoms. The minimum atomic E-state index is 0.186. The van der Waals surface area contributed by atoms with Gasteiger partial charge in [0.2, 0.25) is 0 Å². The molecule has 3 nitrogen and oxygen atoms in total. The number of carbonyl (C=O) groups is 1. The second-order valence-electron chi connectivity index (χ2n) is 5.28. The summed E-state index contributed by atoms with van der Waals surface area (Å²) in [6.07, 6.45) is 2.17. The molecular formula is C14H22N2OS. The number of hydrogen-bond acceptors (Lipinski definition) is 3. The van der Waals surface area contributed by atoms with Crippen molar-refractivity contribution in [1.82, 2.24) is 9.80 Å². The molecule has 1 aromatic rings. The maximum atomic E-state index is 12.5. The number of thiophene rings is 1. The number of piperidine rings is 1. The molecule has 0 radical (unpaired) electrons. The molecule has 0 bridgehead atoms. The number of rotatable bonds is 2. The van der Waals surface area contributed by atoms with E-state index in [0.29, 0.717) is 6.04 Å². The van der Waals surface area contributed by atoms with Gasteiger partial charge in [-0.1, -0.05) is 0 Å². The SMILES string of the molecule is Cc1scc(C(=O)N(C)C2CCN(C)CC2)c1C. The van der Waals surface area contributed by atoms with E-state index in [1.165, 1.54) is 4.88 Å². The average molecular weight is 266 g/mol. The van der Waals surface area contributed by atoms with Crippen LogP contribution < -0.4 is 0 Å². The van der Waals surface area contributed by atoms with Gasteiger partial charge in [-0.25, -0.2) is 0 Å². The Morgan fingerprint density at radius 2 is 2.00 bits per heavy atom. The molecule has 1 fully saturated rings. The second kappa shape index (κ2) is 5.41. The van der Waals surface area contributed by atoms with E-state index in [4.69, 9.17) is 0 Å². The molecule has 0 spiro atoms. The molecule has 0 saturated carbocycles. The van der Waals surface area contributed by atoms with E-state index in [1.807, 2.05) is 24.3 Å². The Balaban J connectivity index is 2.07. The lowest BCUT2D eigenvalue weighted by atomic mass is 10.0. The van der Waals surface area contributed by atoms with Crippen molar-refractivity contribution in [2.75, 3.05) is 27.2 Å². The summed E-state index contributed by atoms with van der Waals surface area (Å²) in [5.74, 6) is 0.186. The molecule has 0 aliphatic carbocycles. The van der Waals surface area contributed by atoms with E-state index in [-0.39, 0.29) is 5.91 Å². The first-order valence-electron chi connectivity index (χ1n) is 6.51. The number of likely N-dealkylation sites (tertiary alicyclic amines) is 1. The Morgan fingerprint density at radius 3 is 2.50 bits per heavy atom. The van der Waals surface area contributed by atoms with Gasteiger partial charge in [0.25, 0.3) is 5.91 Å². The summed E-state index contributed by atoms with van der Waals surface area (Å²) in [4.78, 5) is 18.0. The zero-order valence-electron chi connectivity index (χ0n) is 11.7. The molecule has 1 amide bonds. The van der Waals surface area contributed by atoms with Crippen LogP contribution in [0.2, 0.25) is 0 Å². The Morgan fingerprint density at radius 1 is 1.39 bits per heavy atom. The summed E-state index contributed by atoms with van der Waals surface area (Å²) in [5.41, 5.74) is 2.03. The topological polar surface area (TPSA) is 23.6 Å². The molecule has 1 saturated heterocycles. The molecule has 0 unspecified atom stereocenters. The normalized spacial score (nSPS) is 18.0. The molecular weight excluding hydrogens is 244 g/mol. The zero-order valence-corrected chi connectivity index (χ0v) is 12.5. The fourth-order valence-corrected chi connectivity index (χ4v) is 3.32. The molecule has 0 aromatic carbocycles. The maximum absolute atomic E-state index is 12.5. The third-order valence-electron chi connectivity index (χ3n) is 4.07.